The zero-order chi connectivity index (χ0) is 16.7. The van der Waals surface area contributed by atoms with Crippen LogP contribution in [0.2, 0.25) is 0 Å². The fraction of sp³-hybridized carbons (Fsp3) is 0.333. The standard InChI is InChI=1S/C12H11ClF3N3O2S/c1-3-8-4-7(2)9(5-10(8)22(13,20)21)19-6-17-11(18-19)12(14,15)16/h4-6H,3H2,1-2H3. The minimum atomic E-state index is -4.68. The summed E-state index contributed by atoms with van der Waals surface area (Å²) in [5.41, 5.74) is 1.20. The van der Waals surface area contributed by atoms with Gasteiger partial charge >= 0.3 is 6.18 Å². The minimum Gasteiger partial charge on any atom is -0.220 e. The average molecular weight is 354 g/mol. The first-order chi connectivity index (χ1) is 10.0. The SMILES string of the molecule is CCc1cc(C)c(-n2cnc(C(F)(F)F)n2)cc1S(=O)(=O)Cl. The molecule has 1 heterocycles. The first kappa shape index (κ1) is 16.8. The highest BCUT2D eigenvalue weighted by Crippen LogP contribution is 2.29. The topological polar surface area (TPSA) is 64.8 Å². The van der Waals surface area contributed by atoms with E-state index in [2.05, 4.69) is 10.1 Å². The molecular weight excluding hydrogens is 343 g/mol. The third-order valence-corrected chi connectivity index (χ3v) is 4.42. The van der Waals surface area contributed by atoms with Gasteiger partial charge in [0.05, 0.1) is 10.6 Å². The molecule has 10 heteroatoms. The van der Waals surface area contributed by atoms with Gasteiger partial charge < -0.3 is 0 Å². The zero-order valence-electron chi connectivity index (χ0n) is 11.5. The van der Waals surface area contributed by atoms with E-state index < -0.39 is 21.1 Å². The van der Waals surface area contributed by atoms with Gasteiger partial charge in [-0.3, -0.25) is 0 Å². The van der Waals surface area contributed by atoms with Crippen LogP contribution >= 0.6 is 10.7 Å². The maximum Gasteiger partial charge on any atom is 0.453 e. The Balaban J connectivity index is 2.64. The van der Waals surface area contributed by atoms with Crippen LogP contribution in [-0.2, 0) is 21.6 Å². The van der Waals surface area contributed by atoms with Crippen molar-refractivity contribution in [2.75, 3.05) is 0 Å². The van der Waals surface area contributed by atoms with Crippen LogP contribution in [0.25, 0.3) is 5.69 Å². The Hall–Kier alpha value is -1.61. The van der Waals surface area contributed by atoms with Gasteiger partial charge in [-0.15, -0.1) is 5.10 Å². The van der Waals surface area contributed by atoms with E-state index in [0.29, 0.717) is 17.5 Å². The van der Waals surface area contributed by atoms with Gasteiger partial charge in [-0.1, -0.05) is 13.0 Å². The van der Waals surface area contributed by atoms with Crippen LogP contribution in [0.5, 0.6) is 0 Å². The monoisotopic (exact) mass is 353 g/mol. The fourth-order valence-corrected chi connectivity index (χ4v) is 3.20. The number of alkyl halides is 3. The van der Waals surface area contributed by atoms with Crippen LogP contribution < -0.4 is 0 Å². The van der Waals surface area contributed by atoms with Gasteiger partial charge in [-0.2, -0.15) is 13.2 Å². The molecule has 0 spiro atoms. The molecule has 0 N–H and O–H groups in total. The molecule has 1 aromatic heterocycles. The molecule has 0 aliphatic rings. The van der Waals surface area contributed by atoms with Crippen molar-refractivity contribution in [1.82, 2.24) is 14.8 Å². The molecule has 1 aromatic carbocycles. The molecule has 0 fully saturated rings. The maximum atomic E-state index is 12.5. The molecule has 0 saturated carbocycles. The van der Waals surface area contributed by atoms with Crippen molar-refractivity contribution in [3.8, 4) is 5.69 Å². The van der Waals surface area contributed by atoms with Gasteiger partial charge in [-0.25, -0.2) is 18.1 Å². The number of benzene rings is 1. The Morgan fingerprint density at radius 2 is 1.95 bits per heavy atom. The number of nitrogens with zero attached hydrogens (tertiary/aromatic N) is 3. The van der Waals surface area contributed by atoms with Crippen molar-refractivity contribution in [2.24, 2.45) is 0 Å². The molecule has 0 radical (unpaired) electrons. The summed E-state index contributed by atoms with van der Waals surface area (Å²) in [5, 5.41) is 3.33. The van der Waals surface area contributed by atoms with Crippen LogP contribution in [0, 0.1) is 6.92 Å². The first-order valence-electron chi connectivity index (χ1n) is 6.11. The van der Waals surface area contributed by atoms with E-state index >= 15 is 0 Å². The first-order valence-corrected chi connectivity index (χ1v) is 8.42. The summed E-state index contributed by atoms with van der Waals surface area (Å²) < 4.78 is 61.8. The second-order valence-electron chi connectivity index (χ2n) is 4.55. The third kappa shape index (κ3) is 3.25. The molecule has 2 aromatic rings. The summed E-state index contributed by atoms with van der Waals surface area (Å²) in [6.07, 6.45) is -3.39. The summed E-state index contributed by atoms with van der Waals surface area (Å²) in [6, 6.07) is 2.75. The summed E-state index contributed by atoms with van der Waals surface area (Å²) in [7, 11) is 1.35. The van der Waals surface area contributed by atoms with Crippen LogP contribution in [0.3, 0.4) is 0 Å². The summed E-state index contributed by atoms with van der Waals surface area (Å²) in [4.78, 5) is 3.03. The normalized spacial score (nSPS) is 12.6. The number of aromatic nitrogens is 3. The number of aryl methyl sites for hydroxylation is 2. The number of halogens is 4. The van der Waals surface area contributed by atoms with E-state index in [1.807, 2.05) is 0 Å². The lowest BCUT2D eigenvalue weighted by Gasteiger charge is -2.11. The molecule has 0 saturated heterocycles. The largest absolute Gasteiger partial charge is 0.453 e. The highest BCUT2D eigenvalue weighted by Gasteiger charge is 2.36. The van der Waals surface area contributed by atoms with Crippen molar-refractivity contribution in [2.45, 2.75) is 31.3 Å². The van der Waals surface area contributed by atoms with Gasteiger partial charge in [0.1, 0.15) is 6.33 Å². The quantitative estimate of drug-likeness (QED) is 0.795. The van der Waals surface area contributed by atoms with Crippen molar-refractivity contribution in [3.05, 3.63) is 35.4 Å². The van der Waals surface area contributed by atoms with Crippen molar-refractivity contribution < 1.29 is 21.6 Å². The van der Waals surface area contributed by atoms with Gasteiger partial charge in [0, 0.05) is 10.7 Å². The Bertz CT molecular complexity index is 816. The highest BCUT2D eigenvalue weighted by molar-refractivity contribution is 8.13. The summed E-state index contributed by atoms with van der Waals surface area (Å²) in [5.74, 6) is -1.30. The highest BCUT2D eigenvalue weighted by atomic mass is 35.7. The van der Waals surface area contributed by atoms with Crippen molar-refractivity contribution >= 4 is 19.7 Å². The van der Waals surface area contributed by atoms with Crippen LogP contribution in [0.15, 0.2) is 23.4 Å². The van der Waals surface area contributed by atoms with E-state index in [0.717, 1.165) is 11.0 Å². The van der Waals surface area contributed by atoms with Gasteiger partial charge in [0.15, 0.2) is 0 Å². The van der Waals surface area contributed by atoms with Crippen LogP contribution in [0.1, 0.15) is 23.9 Å². The van der Waals surface area contributed by atoms with Crippen LogP contribution in [-0.4, -0.2) is 23.2 Å². The minimum absolute atomic E-state index is 0.152. The van der Waals surface area contributed by atoms with Gasteiger partial charge in [0.25, 0.3) is 14.9 Å². The Labute approximate surface area is 129 Å². The second-order valence-corrected chi connectivity index (χ2v) is 7.08. The lowest BCUT2D eigenvalue weighted by atomic mass is 10.1. The number of hydrogen-bond acceptors (Lipinski definition) is 4. The Morgan fingerprint density at radius 1 is 1.32 bits per heavy atom. The van der Waals surface area contributed by atoms with E-state index in [9.17, 15) is 21.6 Å². The number of hydrogen-bond donors (Lipinski definition) is 0. The molecule has 120 valence electrons. The van der Waals surface area contributed by atoms with Crippen LogP contribution in [0.4, 0.5) is 13.2 Å². The zero-order valence-corrected chi connectivity index (χ0v) is 13.1. The van der Waals surface area contributed by atoms with Gasteiger partial charge in [0.2, 0.25) is 0 Å². The lowest BCUT2D eigenvalue weighted by molar-refractivity contribution is -0.144. The molecule has 0 aliphatic carbocycles. The number of rotatable bonds is 3. The summed E-state index contributed by atoms with van der Waals surface area (Å²) >= 11 is 0. The molecular formula is C12H11ClF3N3O2S. The molecule has 0 unspecified atom stereocenters. The van der Waals surface area contributed by atoms with E-state index in [1.54, 1.807) is 19.9 Å². The molecule has 0 aliphatic heterocycles. The van der Waals surface area contributed by atoms with Crippen molar-refractivity contribution in [3.63, 3.8) is 0 Å². The molecule has 5 nitrogen and oxygen atoms in total. The molecule has 0 atom stereocenters. The average Bonchev–Trinajstić information content (AvgIpc) is 2.86. The van der Waals surface area contributed by atoms with E-state index in [1.165, 1.54) is 6.07 Å². The smallest absolute Gasteiger partial charge is 0.220 e. The maximum absolute atomic E-state index is 12.5. The third-order valence-electron chi connectivity index (χ3n) is 3.01. The molecule has 0 amide bonds. The van der Waals surface area contributed by atoms with Crippen molar-refractivity contribution in [1.29, 1.82) is 0 Å². The fourth-order valence-electron chi connectivity index (χ4n) is 2.00. The molecule has 22 heavy (non-hydrogen) atoms. The predicted molar refractivity (Wildman–Crippen MR) is 73.5 cm³/mol. The van der Waals surface area contributed by atoms with E-state index in [4.69, 9.17) is 10.7 Å². The van der Waals surface area contributed by atoms with Gasteiger partial charge in [-0.05, 0) is 30.5 Å². The molecule has 2 rings (SSSR count). The van der Waals surface area contributed by atoms with E-state index in [-0.39, 0.29) is 10.6 Å². The second kappa shape index (κ2) is 5.54. The molecule has 0 bridgehead atoms. The predicted octanol–water partition coefficient (Wildman–Crippen LogP) is 3.08. The Kier molecular flexibility index (Phi) is 4.22. The lowest BCUT2D eigenvalue weighted by Crippen LogP contribution is -2.09. The Morgan fingerprint density at radius 3 is 2.41 bits per heavy atom. The summed E-state index contributed by atoms with van der Waals surface area (Å²) in [6.45, 7) is 3.38.